The zero-order chi connectivity index (χ0) is 17.3. The predicted octanol–water partition coefficient (Wildman–Crippen LogP) is 4.36. The lowest BCUT2D eigenvalue weighted by molar-refractivity contribution is -0.116. The number of aromatic nitrogens is 1. The number of rotatable bonds is 3. The van der Waals surface area contributed by atoms with Gasteiger partial charge in [-0.05, 0) is 42.8 Å². The van der Waals surface area contributed by atoms with Crippen LogP contribution in [0, 0.1) is 6.92 Å². The molecule has 4 nitrogen and oxygen atoms in total. The zero-order valence-electron chi connectivity index (χ0n) is 12.8. The van der Waals surface area contributed by atoms with Gasteiger partial charge >= 0.3 is 0 Å². The molecule has 0 spiro atoms. The van der Waals surface area contributed by atoms with Crippen molar-refractivity contribution >= 4 is 50.0 Å². The van der Waals surface area contributed by atoms with Crippen molar-refractivity contribution < 1.29 is 4.79 Å². The molecule has 0 aliphatic rings. The van der Waals surface area contributed by atoms with E-state index in [0.717, 1.165) is 10.0 Å². The molecule has 0 saturated heterocycles. The quantitative estimate of drug-likeness (QED) is 0.704. The summed E-state index contributed by atoms with van der Waals surface area (Å²) < 4.78 is 2.57. The smallest absolute Gasteiger partial charge is 0.244 e. The van der Waals surface area contributed by atoms with E-state index in [-0.39, 0.29) is 17.9 Å². The first-order chi connectivity index (χ1) is 11.4. The minimum absolute atomic E-state index is 0.0757. The third kappa shape index (κ3) is 3.52. The normalized spacial score (nSPS) is 10.8. The van der Waals surface area contributed by atoms with Gasteiger partial charge in [0.15, 0.2) is 5.43 Å². The number of pyridine rings is 1. The second-order valence-electron chi connectivity index (χ2n) is 5.48. The van der Waals surface area contributed by atoms with Crippen LogP contribution in [-0.4, -0.2) is 10.5 Å². The lowest BCUT2D eigenvalue weighted by atomic mass is 10.2. The number of nitrogens with zero attached hydrogens (tertiary/aromatic N) is 1. The molecule has 6 heteroatoms. The molecule has 2 aromatic carbocycles. The Bertz CT molecular complexity index is 998. The minimum atomic E-state index is -0.192. The maximum absolute atomic E-state index is 12.3. The average molecular weight is 406 g/mol. The van der Waals surface area contributed by atoms with E-state index in [2.05, 4.69) is 21.2 Å². The summed E-state index contributed by atoms with van der Waals surface area (Å²) in [7, 11) is 0. The number of hydrogen-bond acceptors (Lipinski definition) is 2. The molecule has 1 heterocycles. The number of fused-ring (bicyclic) bond motifs is 1. The van der Waals surface area contributed by atoms with Gasteiger partial charge in [0.25, 0.3) is 0 Å². The fraction of sp³-hybridized carbons (Fsp3) is 0.111. The Balaban J connectivity index is 1.87. The van der Waals surface area contributed by atoms with Gasteiger partial charge in [0.1, 0.15) is 6.54 Å². The lowest BCUT2D eigenvalue weighted by Gasteiger charge is -2.12. The van der Waals surface area contributed by atoms with Crippen LogP contribution in [-0.2, 0) is 11.3 Å². The molecule has 0 saturated carbocycles. The maximum Gasteiger partial charge on any atom is 0.244 e. The van der Waals surface area contributed by atoms with Gasteiger partial charge in [-0.25, -0.2) is 0 Å². The number of nitrogens with one attached hydrogen (secondary N) is 1. The van der Waals surface area contributed by atoms with E-state index in [1.807, 2.05) is 25.1 Å². The van der Waals surface area contributed by atoms with E-state index in [4.69, 9.17) is 11.6 Å². The zero-order valence-corrected chi connectivity index (χ0v) is 15.2. The van der Waals surface area contributed by atoms with E-state index >= 15 is 0 Å². The van der Waals surface area contributed by atoms with Crippen molar-refractivity contribution in [3.8, 4) is 0 Å². The van der Waals surface area contributed by atoms with E-state index in [0.29, 0.717) is 21.6 Å². The third-order valence-electron chi connectivity index (χ3n) is 3.71. The van der Waals surface area contributed by atoms with Crippen molar-refractivity contribution in [3.63, 3.8) is 0 Å². The fourth-order valence-electron chi connectivity index (χ4n) is 2.45. The largest absolute Gasteiger partial charge is 0.338 e. The second-order valence-corrected chi connectivity index (χ2v) is 6.80. The van der Waals surface area contributed by atoms with Gasteiger partial charge in [0.05, 0.1) is 5.52 Å². The molecule has 0 atom stereocenters. The third-order valence-corrected chi connectivity index (χ3v) is 4.61. The molecule has 3 aromatic rings. The van der Waals surface area contributed by atoms with Crippen LogP contribution in [0.15, 0.2) is 57.9 Å². The molecule has 122 valence electrons. The topological polar surface area (TPSA) is 51.1 Å². The SMILES string of the molecule is Cc1ccc(NC(=O)Cn2ccc(=O)c3cc(Br)ccc32)cc1Cl. The number of benzene rings is 2. The van der Waals surface area contributed by atoms with Crippen LogP contribution in [0.3, 0.4) is 0 Å². The number of carbonyl (C=O) groups excluding carboxylic acids is 1. The predicted molar refractivity (Wildman–Crippen MR) is 101 cm³/mol. The van der Waals surface area contributed by atoms with Crippen molar-refractivity contribution in [2.45, 2.75) is 13.5 Å². The standard InChI is InChI=1S/C18H14BrClN2O2/c1-11-2-4-13(9-15(11)20)21-18(24)10-22-7-6-17(23)14-8-12(19)3-5-16(14)22/h2-9H,10H2,1H3,(H,21,24). The summed E-state index contributed by atoms with van der Waals surface area (Å²) in [5, 5.41) is 3.99. The highest BCUT2D eigenvalue weighted by Crippen LogP contribution is 2.20. The molecule has 1 N–H and O–H groups in total. The van der Waals surface area contributed by atoms with Crippen LogP contribution in [0.25, 0.3) is 10.9 Å². The molecule has 1 aromatic heterocycles. The van der Waals surface area contributed by atoms with Crippen molar-refractivity contribution in [1.82, 2.24) is 4.57 Å². The van der Waals surface area contributed by atoms with Crippen molar-refractivity contribution in [3.05, 3.63) is 73.9 Å². The first-order valence-electron chi connectivity index (χ1n) is 7.29. The molecular formula is C18H14BrClN2O2. The summed E-state index contributed by atoms with van der Waals surface area (Å²) in [6.45, 7) is 2.00. The fourth-order valence-corrected chi connectivity index (χ4v) is 2.99. The van der Waals surface area contributed by atoms with Gasteiger partial charge in [-0.3, -0.25) is 9.59 Å². The summed E-state index contributed by atoms with van der Waals surface area (Å²) in [5.41, 5.74) is 2.23. The molecule has 0 aliphatic carbocycles. The lowest BCUT2D eigenvalue weighted by Crippen LogP contribution is -2.20. The van der Waals surface area contributed by atoms with E-state index in [1.54, 1.807) is 29.0 Å². The summed E-state index contributed by atoms with van der Waals surface area (Å²) in [6.07, 6.45) is 1.63. The molecule has 0 radical (unpaired) electrons. The van der Waals surface area contributed by atoms with Crippen LogP contribution in [0.2, 0.25) is 5.02 Å². The number of halogens is 2. The Hall–Kier alpha value is -2.11. The number of aryl methyl sites for hydroxylation is 1. The van der Waals surface area contributed by atoms with E-state index < -0.39 is 0 Å². The van der Waals surface area contributed by atoms with Crippen LogP contribution in [0.5, 0.6) is 0 Å². The second kappa shape index (κ2) is 6.79. The molecule has 0 unspecified atom stereocenters. The van der Waals surface area contributed by atoms with Crippen LogP contribution in [0.4, 0.5) is 5.69 Å². The number of amides is 1. The average Bonchev–Trinajstić information content (AvgIpc) is 2.54. The monoisotopic (exact) mass is 404 g/mol. The molecule has 0 fully saturated rings. The first-order valence-corrected chi connectivity index (χ1v) is 8.46. The van der Waals surface area contributed by atoms with Crippen LogP contribution in [0.1, 0.15) is 5.56 Å². The molecule has 24 heavy (non-hydrogen) atoms. The molecular weight excluding hydrogens is 392 g/mol. The Morgan fingerprint density at radius 1 is 1.21 bits per heavy atom. The van der Waals surface area contributed by atoms with Crippen LogP contribution < -0.4 is 10.7 Å². The molecule has 1 amide bonds. The van der Waals surface area contributed by atoms with Gasteiger partial charge in [-0.2, -0.15) is 0 Å². The summed E-state index contributed by atoms with van der Waals surface area (Å²) in [4.78, 5) is 24.3. The number of carbonyl (C=O) groups is 1. The summed E-state index contributed by atoms with van der Waals surface area (Å²) in [6, 6.07) is 12.3. The Morgan fingerprint density at radius 3 is 2.75 bits per heavy atom. The Kier molecular flexibility index (Phi) is 4.73. The van der Waals surface area contributed by atoms with Crippen molar-refractivity contribution in [1.29, 1.82) is 0 Å². The molecule has 0 aliphatic heterocycles. The summed E-state index contributed by atoms with van der Waals surface area (Å²) in [5.74, 6) is -0.192. The molecule has 0 bridgehead atoms. The highest BCUT2D eigenvalue weighted by atomic mass is 79.9. The highest BCUT2D eigenvalue weighted by Gasteiger charge is 2.08. The first kappa shape index (κ1) is 16.7. The van der Waals surface area contributed by atoms with Gasteiger partial charge < -0.3 is 9.88 Å². The minimum Gasteiger partial charge on any atom is -0.338 e. The molecule has 3 rings (SSSR count). The maximum atomic E-state index is 12.3. The Morgan fingerprint density at radius 2 is 2.00 bits per heavy atom. The Labute approximate surface area is 152 Å². The van der Waals surface area contributed by atoms with Crippen molar-refractivity contribution in [2.75, 3.05) is 5.32 Å². The van der Waals surface area contributed by atoms with Crippen molar-refractivity contribution in [2.24, 2.45) is 0 Å². The van der Waals surface area contributed by atoms with Gasteiger partial charge in [0, 0.05) is 32.8 Å². The highest BCUT2D eigenvalue weighted by molar-refractivity contribution is 9.10. The van der Waals surface area contributed by atoms with E-state index in [9.17, 15) is 9.59 Å². The van der Waals surface area contributed by atoms with Gasteiger partial charge in [-0.1, -0.05) is 33.6 Å². The van der Waals surface area contributed by atoms with Gasteiger partial charge in [0.2, 0.25) is 5.91 Å². The van der Waals surface area contributed by atoms with E-state index in [1.165, 1.54) is 6.07 Å². The number of anilines is 1. The number of hydrogen-bond donors (Lipinski definition) is 1. The van der Waals surface area contributed by atoms with Crippen LogP contribution >= 0.6 is 27.5 Å². The van der Waals surface area contributed by atoms with Gasteiger partial charge in [-0.15, -0.1) is 0 Å². The summed E-state index contributed by atoms with van der Waals surface area (Å²) >= 11 is 9.43.